The van der Waals surface area contributed by atoms with E-state index in [4.69, 9.17) is 16.3 Å². The molecule has 0 radical (unpaired) electrons. The first-order valence-electron chi connectivity index (χ1n) is 12.4. The normalized spacial score (nSPS) is 18.9. The average molecular weight is 567 g/mol. The van der Waals surface area contributed by atoms with Crippen molar-refractivity contribution in [2.45, 2.75) is 70.3 Å². The second-order valence-corrected chi connectivity index (χ2v) is 11.3. The van der Waals surface area contributed by atoms with Crippen molar-refractivity contribution in [1.29, 1.82) is 0 Å². The Kier molecular flexibility index (Phi) is 7.17. The molecule has 1 aliphatic heterocycles. The van der Waals surface area contributed by atoms with Crippen LogP contribution in [-0.2, 0) is 17.6 Å². The van der Waals surface area contributed by atoms with Crippen LogP contribution in [0.15, 0.2) is 30.3 Å². The van der Waals surface area contributed by atoms with Crippen LogP contribution in [0.3, 0.4) is 0 Å². The SMILES string of the molecule is CC(C)OC(=O)c1c(NC(=O)c2cc3n(n2)C(C(F)(F)F)CC(c2ccc(Cl)cc2)N3)sc2c1CCCC2. The number of aryl methyl sites for hydroxylation is 1. The van der Waals surface area contributed by atoms with Crippen LogP contribution >= 0.6 is 22.9 Å². The van der Waals surface area contributed by atoms with Gasteiger partial charge in [0.25, 0.3) is 5.91 Å². The molecule has 1 aromatic carbocycles. The first-order valence-corrected chi connectivity index (χ1v) is 13.6. The number of hydrogen-bond donors (Lipinski definition) is 2. The van der Waals surface area contributed by atoms with Crippen molar-refractivity contribution < 1.29 is 27.5 Å². The summed E-state index contributed by atoms with van der Waals surface area (Å²) in [5, 5.41) is 10.6. The highest BCUT2D eigenvalue weighted by atomic mass is 35.5. The summed E-state index contributed by atoms with van der Waals surface area (Å²) in [7, 11) is 0. The van der Waals surface area contributed by atoms with Crippen LogP contribution in [-0.4, -0.2) is 33.9 Å². The molecule has 7 nitrogen and oxygen atoms in total. The molecule has 1 amide bonds. The molecule has 2 aliphatic rings. The van der Waals surface area contributed by atoms with Crippen LogP contribution in [0.5, 0.6) is 0 Å². The highest BCUT2D eigenvalue weighted by Crippen LogP contribution is 2.44. The molecule has 202 valence electrons. The molecule has 0 saturated heterocycles. The number of esters is 1. The van der Waals surface area contributed by atoms with Crippen LogP contribution < -0.4 is 10.6 Å². The minimum absolute atomic E-state index is 0.0774. The third-order valence-electron chi connectivity index (χ3n) is 6.64. The minimum Gasteiger partial charge on any atom is -0.459 e. The van der Waals surface area contributed by atoms with Gasteiger partial charge in [-0.25, -0.2) is 9.48 Å². The van der Waals surface area contributed by atoms with Crippen molar-refractivity contribution in [3.8, 4) is 0 Å². The second-order valence-electron chi connectivity index (χ2n) is 9.72. The van der Waals surface area contributed by atoms with Gasteiger partial charge in [-0.1, -0.05) is 23.7 Å². The maximum absolute atomic E-state index is 14.0. The van der Waals surface area contributed by atoms with Gasteiger partial charge in [0.1, 0.15) is 10.8 Å². The topological polar surface area (TPSA) is 85.2 Å². The lowest BCUT2D eigenvalue weighted by atomic mass is 9.95. The van der Waals surface area contributed by atoms with E-state index in [0.717, 1.165) is 34.4 Å². The molecule has 5 rings (SSSR count). The molecular weight excluding hydrogens is 541 g/mol. The van der Waals surface area contributed by atoms with E-state index in [1.165, 1.54) is 17.4 Å². The number of ether oxygens (including phenoxy) is 1. The quantitative estimate of drug-likeness (QED) is 0.326. The number of hydrogen-bond acceptors (Lipinski definition) is 6. The lowest BCUT2D eigenvalue weighted by molar-refractivity contribution is -0.173. The minimum atomic E-state index is -4.58. The maximum Gasteiger partial charge on any atom is 0.410 e. The smallest absolute Gasteiger partial charge is 0.410 e. The van der Waals surface area contributed by atoms with E-state index in [9.17, 15) is 22.8 Å². The number of benzene rings is 1. The first-order chi connectivity index (χ1) is 18.0. The number of alkyl halides is 3. The second kappa shape index (κ2) is 10.3. The van der Waals surface area contributed by atoms with Gasteiger partial charge < -0.3 is 15.4 Å². The van der Waals surface area contributed by atoms with E-state index in [1.54, 1.807) is 38.1 Å². The fraction of sp³-hybridized carbons (Fsp3) is 0.423. The Bertz CT molecular complexity index is 1370. The van der Waals surface area contributed by atoms with Crippen molar-refractivity contribution in [2.75, 3.05) is 10.6 Å². The lowest BCUT2D eigenvalue weighted by Crippen LogP contribution is -2.35. The van der Waals surface area contributed by atoms with Crippen LogP contribution in [0.25, 0.3) is 0 Å². The number of fused-ring (bicyclic) bond motifs is 2. The third-order valence-corrected chi connectivity index (χ3v) is 8.10. The van der Waals surface area contributed by atoms with Crippen molar-refractivity contribution >= 4 is 45.6 Å². The molecular formula is C26H26ClF3N4O3S. The van der Waals surface area contributed by atoms with Gasteiger partial charge in [0, 0.05) is 22.4 Å². The van der Waals surface area contributed by atoms with Gasteiger partial charge in [0.2, 0.25) is 0 Å². The molecule has 2 atom stereocenters. The summed E-state index contributed by atoms with van der Waals surface area (Å²) >= 11 is 7.24. The zero-order valence-corrected chi connectivity index (χ0v) is 22.3. The van der Waals surface area contributed by atoms with Gasteiger partial charge in [0.15, 0.2) is 11.7 Å². The molecule has 38 heavy (non-hydrogen) atoms. The van der Waals surface area contributed by atoms with Crippen LogP contribution in [0.1, 0.15) is 82.0 Å². The average Bonchev–Trinajstić information content (AvgIpc) is 3.44. The number of nitrogens with one attached hydrogen (secondary N) is 2. The van der Waals surface area contributed by atoms with E-state index in [-0.39, 0.29) is 24.0 Å². The molecule has 0 fully saturated rings. The zero-order chi connectivity index (χ0) is 27.2. The summed E-state index contributed by atoms with van der Waals surface area (Å²) in [4.78, 5) is 27.1. The van der Waals surface area contributed by atoms with E-state index in [2.05, 4.69) is 15.7 Å². The third kappa shape index (κ3) is 5.26. The molecule has 3 heterocycles. The van der Waals surface area contributed by atoms with Gasteiger partial charge >= 0.3 is 12.1 Å². The first kappa shape index (κ1) is 26.6. The summed E-state index contributed by atoms with van der Waals surface area (Å²) in [5.41, 5.74) is 1.65. The van der Waals surface area contributed by atoms with E-state index < -0.39 is 30.1 Å². The van der Waals surface area contributed by atoms with E-state index in [1.807, 2.05) is 0 Å². The summed E-state index contributed by atoms with van der Waals surface area (Å²) in [6.45, 7) is 3.48. The Hall–Kier alpha value is -3.05. The van der Waals surface area contributed by atoms with Crippen molar-refractivity contribution in [3.05, 3.63) is 62.6 Å². The molecule has 2 N–H and O–H groups in total. The Morgan fingerprint density at radius 2 is 1.92 bits per heavy atom. The number of amides is 1. The molecule has 2 unspecified atom stereocenters. The molecule has 0 saturated carbocycles. The van der Waals surface area contributed by atoms with Crippen molar-refractivity contribution in [1.82, 2.24) is 9.78 Å². The summed E-state index contributed by atoms with van der Waals surface area (Å²) in [6, 6.07) is 5.30. The van der Waals surface area contributed by atoms with Gasteiger partial charge in [-0.05, 0) is 62.8 Å². The summed E-state index contributed by atoms with van der Waals surface area (Å²) in [5.74, 6) is -1.15. The molecule has 12 heteroatoms. The van der Waals surface area contributed by atoms with E-state index >= 15 is 0 Å². The van der Waals surface area contributed by atoms with E-state index in [0.29, 0.717) is 27.6 Å². The lowest BCUT2D eigenvalue weighted by Gasteiger charge is -2.33. The summed E-state index contributed by atoms with van der Waals surface area (Å²) < 4.78 is 48.4. The van der Waals surface area contributed by atoms with Gasteiger partial charge in [-0.2, -0.15) is 18.3 Å². The van der Waals surface area contributed by atoms with Crippen molar-refractivity contribution in [3.63, 3.8) is 0 Å². The number of nitrogens with zero attached hydrogens (tertiary/aromatic N) is 2. The number of anilines is 2. The molecule has 0 bridgehead atoms. The molecule has 0 spiro atoms. The number of aromatic nitrogens is 2. The number of halogens is 4. The highest BCUT2D eigenvalue weighted by molar-refractivity contribution is 7.17. The van der Waals surface area contributed by atoms with Crippen LogP contribution in [0, 0.1) is 0 Å². The Morgan fingerprint density at radius 1 is 1.21 bits per heavy atom. The number of rotatable bonds is 5. The molecule has 3 aromatic rings. The highest BCUT2D eigenvalue weighted by Gasteiger charge is 2.47. The van der Waals surface area contributed by atoms with Gasteiger partial charge in [-0.3, -0.25) is 4.79 Å². The number of thiophene rings is 1. The van der Waals surface area contributed by atoms with Gasteiger partial charge in [-0.15, -0.1) is 11.3 Å². The Labute approximate surface area is 226 Å². The van der Waals surface area contributed by atoms with Crippen LogP contribution in [0.2, 0.25) is 5.02 Å². The van der Waals surface area contributed by atoms with Crippen LogP contribution in [0.4, 0.5) is 24.0 Å². The molecule has 1 aliphatic carbocycles. The standard InChI is InChI=1S/C26H26ClF3N4O3S/c1-13(2)37-25(36)22-16-5-3-4-6-19(16)38-24(22)32-23(35)18-12-21-31-17(14-7-9-15(27)10-8-14)11-20(26(28,29)30)34(21)33-18/h7-10,12-13,17,20,31H,3-6,11H2,1-2H3,(H,32,35). The maximum atomic E-state index is 14.0. The summed E-state index contributed by atoms with van der Waals surface area (Å²) in [6.07, 6.45) is -1.83. The predicted octanol–water partition coefficient (Wildman–Crippen LogP) is 6.95. The fourth-order valence-corrected chi connectivity index (χ4v) is 6.31. The number of carbonyl (C=O) groups excluding carboxylic acids is 2. The zero-order valence-electron chi connectivity index (χ0n) is 20.7. The monoisotopic (exact) mass is 566 g/mol. The number of carbonyl (C=O) groups is 2. The van der Waals surface area contributed by atoms with Gasteiger partial charge in [0.05, 0.1) is 17.7 Å². The Morgan fingerprint density at radius 3 is 2.61 bits per heavy atom. The molecule has 2 aromatic heterocycles. The fourth-order valence-electron chi connectivity index (χ4n) is 4.91. The Balaban J connectivity index is 1.45. The largest absolute Gasteiger partial charge is 0.459 e. The predicted molar refractivity (Wildman–Crippen MR) is 139 cm³/mol. The van der Waals surface area contributed by atoms with Crippen molar-refractivity contribution in [2.24, 2.45) is 0 Å².